The summed E-state index contributed by atoms with van der Waals surface area (Å²) < 4.78 is 0. The number of rotatable bonds is 18. The fourth-order valence-electron chi connectivity index (χ4n) is 3.00. The summed E-state index contributed by atoms with van der Waals surface area (Å²) >= 11 is 0. The predicted octanol–water partition coefficient (Wildman–Crippen LogP) is 5.82. The van der Waals surface area contributed by atoms with Crippen molar-refractivity contribution < 1.29 is 9.90 Å². The second-order valence-electron chi connectivity index (χ2n) is 6.80. The first kappa shape index (κ1) is 30.2. The van der Waals surface area contributed by atoms with Gasteiger partial charge in [-0.3, -0.25) is 4.79 Å². The van der Waals surface area contributed by atoms with E-state index in [9.17, 15) is 4.79 Å². The Kier molecular flexibility index (Phi) is 33.6. The van der Waals surface area contributed by atoms with E-state index in [0.717, 1.165) is 12.8 Å². The third-order valence-electron chi connectivity index (χ3n) is 4.49. The van der Waals surface area contributed by atoms with Crippen LogP contribution in [0.25, 0.3) is 0 Å². The molecule has 0 radical (unpaired) electrons. The third kappa shape index (κ3) is 28.3. The Balaban J connectivity index is -0.00000220. The Hall–Kier alpha value is 1.47. The van der Waals surface area contributed by atoms with Crippen molar-refractivity contribution in [3.8, 4) is 0 Å². The van der Waals surface area contributed by atoms with Gasteiger partial charge in [0.1, 0.15) is 0 Å². The molecular formula is C20H42Na2O2. The van der Waals surface area contributed by atoms with Crippen molar-refractivity contribution in [2.75, 3.05) is 0 Å². The van der Waals surface area contributed by atoms with Crippen molar-refractivity contribution in [1.29, 1.82) is 0 Å². The Bertz CT molecular complexity index is 236. The molecule has 0 aromatic heterocycles. The molecule has 0 rings (SSSR count). The molecule has 0 spiro atoms. The molecule has 24 heavy (non-hydrogen) atoms. The van der Waals surface area contributed by atoms with E-state index in [1.54, 1.807) is 0 Å². The van der Waals surface area contributed by atoms with Gasteiger partial charge >= 0.3 is 65.1 Å². The number of carboxylic acids is 1. The van der Waals surface area contributed by atoms with Crippen molar-refractivity contribution in [2.45, 2.75) is 122 Å². The van der Waals surface area contributed by atoms with Crippen molar-refractivity contribution >= 4 is 65.1 Å². The number of carbonyl (C=O) groups is 1. The van der Waals surface area contributed by atoms with Crippen LogP contribution >= 0.6 is 0 Å². The van der Waals surface area contributed by atoms with Crippen LogP contribution in [-0.4, -0.2) is 70.2 Å². The first-order valence-corrected chi connectivity index (χ1v) is 9.99. The molecule has 0 amide bonds. The molecule has 0 aliphatic heterocycles. The van der Waals surface area contributed by atoms with E-state index in [0.29, 0.717) is 6.42 Å². The first-order valence-electron chi connectivity index (χ1n) is 9.99. The number of aliphatic carboxylic acids is 1. The van der Waals surface area contributed by atoms with Crippen molar-refractivity contribution in [1.82, 2.24) is 0 Å². The second kappa shape index (κ2) is 26.7. The Morgan fingerprint density at radius 2 is 0.792 bits per heavy atom. The van der Waals surface area contributed by atoms with Crippen molar-refractivity contribution in [3.63, 3.8) is 0 Å². The molecule has 0 saturated heterocycles. The minimum absolute atomic E-state index is 0. The van der Waals surface area contributed by atoms with E-state index in [4.69, 9.17) is 5.11 Å². The zero-order valence-corrected chi connectivity index (χ0v) is 15.1. The van der Waals surface area contributed by atoms with Crippen molar-refractivity contribution in [3.05, 3.63) is 0 Å². The van der Waals surface area contributed by atoms with Gasteiger partial charge in [-0.25, -0.2) is 0 Å². The quantitative estimate of drug-likeness (QED) is 0.247. The van der Waals surface area contributed by atoms with E-state index >= 15 is 0 Å². The van der Waals surface area contributed by atoms with E-state index in [-0.39, 0.29) is 59.1 Å². The zero-order valence-electron chi connectivity index (χ0n) is 15.1. The number of carboxylic acid groups (broad SMARTS) is 1. The topological polar surface area (TPSA) is 37.3 Å². The summed E-state index contributed by atoms with van der Waals surface area (Å²) in [7, 11) is 0. The van der Waals surface area contributed by atoms with Gasteiger partial charge in [0.25, 0.3) is 0 Å². The van der Waals surface area contributed by atoms with Crippen LogP contribution in [0, 0.1) is 0 Å². The summed E-state index contributed by atoms with van der Waals surface area (Å²) in [6.45, 7) is 2.28. The summed E-state index contributed by atoms with van der Waals surface area (Å²) in [4.78, 5) is 10.4. The number of hydrogen-bond donors (Lipinski definition) is 1. The molecule has 2 nitrogen and oxygen atoms in total. The van der Waals surface area contributed by atoms with Gasteiger partial charge < -0.3 is 5.11 Å². The maximum atomic E-state index is 10.4. The summed E-state index contributed by atoms with van der Waals surface area (Å²) in [6.07, 6.45) is 23.1. The third-order valence-corrected chi connectivity index (χ3v) is 4.49. The Labute approximate surface area is 195 Å². The van der Waals surface area contributed by atoms with Gasteiger partial charge in [-0.05, 0) is 6.42 Å². The van der Waals surface area contributed by atoms with Crippen LogP contribution < -0.4 is 0 Å². The van der Waals surface area contributed by atoms with Gasteiger partial charge in [0.15, 0.2) is 0 Å². The van der Waals surface area contributed by atoms with Gasteiger partial charge in [-0.2, -0.15) is 0 Å². The molecule has 0 heterocycles. The molecule has 0 aromatic rings. The van der Waals surface area contributed by atoms with Gasteiger partial charge in [-0.15, -0.1) is 0 Å². The molecule has 0 bridgehead atoms. The molecule has 0 aliphatic carbocycles. The molecule has 1 N–H and O–H groups in total. The first-order chi connectivity index (χ1) is 10.8. The van der Waals surface area contributed by atoms with Crippen molar-refractivity contribution in [2.24, 2.45) is 0 Å². The van der Waals surface area contributed by atoms with Crippen LogP contribution in [0.5, 0.6) is 0 Å². The van der Waals surface area contributed by atoms with Crippen LogP contribution in [0.15, 0.2) is 0 Å². The molecule has 0 aliphatic rings. The average Bonchev–Trinajstić information content (AvgIpc) is 2.50. The van der Waals surface area contributed by atoms with E-state index < -0.39 is 5.97 Å². The van der Waals surface area contributed by atoms with Crippen LogP contribution in [0.4, 0.5) is 0 Å². The van der Waals surface area contributed by atoms with E-state index in [1.807, 2.05) is 0 Å². The molecule has 0 atom stereocenters. The fraction of sp³-hybridized carbons (Fsp3) is 0.950. The van der Waals surface area contributed by atoms with E-state index in [1.165, 1.54) is 96.3 Å². The van der Waals surface area contributed by atoms with Gasteiger partial charge in [0, 0.05) is 6.42 Å². The zero-order chi connectivity index (χ0) is 16.3. The van der Waals surface area contributed by atoms with Crippen LogP contribution in [-0.2, 0) is 4.79 Å². The molecule has 136 valence electrons. The maximum absolute atomic E-state index is 10.4. The second-order valence-corrected chi connectivity index (χ2v) is 6.80. The minimum atomic E-state index is -0.652. The molecule has 0 aromatic carbocycles. The van der Waals surface area contributed by atoms with Crippen LogP contribution in [0.2, 0.25) is 0 Å². The fourth-order valence-corrected chi connectivity index (χ4v) is 3.00. The SMILES string of the molecule is CCCCCCCCCCCCCCCCCCCC(=O)O.[NaH].[NaH]. The van der Waals surface area contributed by atoms with E-state index in [2.05, 4.69) is 6.92 Å². The Morgan fingerprint density at radius 1 is 0.542 bits per heavy atom. The molecule has 0 saturated carbocycles. The summed E-state index contributed by atoms with van der Waals surface area (Å²) in [5, 5.41) is 8.54. The van der Waals surface area contributed by atoms with Crippen LogP contribution in [0.1, 0.15) is 122 Å². The monoisotopic (exact) mass is 360 g/mol. The summed E-state index contributed by atoms with van der Waals surface area (Å²) in [6, 6.07) is 0. The molecular weight excluding hydrogens is 318 g/mol. The average molecular weight is 361 g/mol. The van der Waals surface area contributed by atoms with Gasteiger partial charge in [-0.1, -0.05) is 110 Å². The predicted molar refractivity (Wildman–Crippen MR) is 111 cm³/mol. The normalized spacial score (nSPS) is 10.0. The summed E-state index contributed by atoms with van der Waals surface area (Å²) in [5.74, 6) is -0.652. The molecule has 4 heteroatoms. The molecule has 0 unspecified atom stereocenters. The van der Waals surface area contributed by atoms with Gasteiger partial charge in [0.05, 0.1) is 0 Å². The summed E-state index contributed by atoms with van der Waals surface area (Å²) in [5.41, 5.74) is 0. The number of unbranched alkanes of at least 4 members (excludes halogenated alkanes) is 16. The Morgan fingerprint density at radius 3 is 1.04 bits per heavy atom. The van der Waals surface area contributed by atoms with Crippen LogP contribution in [0.3, 0.4) is 0 Å². The number of hydrogen-bond acceptors (Lipinski definition) is 1. The van der Waals surface area contributed by atoms with Gasteiger partial charge in [0.2, 0.25) is 0 Å². The standard InChI is InChI=1S/C20H40O2.2Na.2H/c1-2-3-4-5-6-7-8-9-10-11-12-13-14-15-16-17-18-19-20(21)22;;;;/h2-19H2,1H3,(H,21,22);;;;. The molecule has 0 fully saturated rings.